The third kappa shape index (κ3) is 3.03. The molecule has 0 radical (unpaired) electrons. The second-order valence-electron chi connectivity index (χ2n) is 13.3. The van der Waals surface area contributed by atoms with Crippen LogP contribution in [0.2, 0.25) is 0 Å². The van der Waals surface area contributed by atoms with Crippen LogP contribution in [0.3, 0.4) is 0 Å². The van der Waals surface area contributed by atoms with Crippen LogP contribution in [0, 0.1) is 25.7 Å². The lowest BCUT2D eigenvalue weighted by molar-refractivity contribution is 0.641. The molecule has 0 amide bonds. The van der Waals surface area contributed by atoms with Crippen molar-refractivity contribution in [2.45, 2.75) is 36.5 Å². The van der Waals surface area contributed by atoms with Gasteiger partial charge in [-0.15, -0.1) is 0 Å². The minimum atomic E-state index is -0.662. The summed E-state index contributed by atoms with van der Waals surface area (Å²) in [6.07, 6.45) is 0. The summed E-state index contributed by atoms with van der Waals surface area (Å²) in [5, 5.41) is 0. The summed E-state index contributed by atoms with van der Waals surface area (Å²) >= 11 is 8.09. The van der Waals surface area contributed by atoms with Gasteiger partial charge in [-0.2, -0.15) is 0 Å². The maximum Gasteiger partial charge on any atom is 0.108 e. The number of halogens is 2. The summed E-state index contributed by atoms with van der Waals surface area (Å²) in [6.45, 7) is 4.56. The van der Waals surface area contributed by atoms with E-state index in [1.807, 2.05) is 0 Å². The SMILES string of the molecule is Cc1ccc(C)c2c1C1c3ccccc3C2(C#CC23c4ccccc4C(c4ccccc42)c2c(Br)ccc(Br)c23)c2ccccc21. The van der Waals surface area contributed by atoms with E-state index < -0.39 is 10.8 Å². The van der Waals surface area contributed by atoms with E-state index in [1.165, 1.54) is 77.9 Å². The van der Waals surface area contributed by atoms with Crippen molar-refractivity contribution in [1.29, 1.82) is 0 Å². The lowest BCUT2D eigenvalue weighted by Gasteiger charge is -2.51. The van der Waals surface area contributed by atoms with Gasteiger partial charge in [-0.05, 0) is 104 Å². The normalized spacial score (nSPS) is 23.2. The highest BCUT2D eigenvalue weighted by molar-refractivity contribution is 9.11. The number of hydrogen-bond donors (Lipinski definition) is 0. The van der Waals surface area contributed by atoms with Gasteiger partial charge in [0.05, 0.1) is 0 Å². The molecule has 0 heterocycles. The fourth-order valence-corrected chi connectivity index (χ4v) is 10.9. The highest BCUT2D eigenvalue weighted by atomic mass is 79.9. The molecule has 0 aliphatic heterocycles. The molecule has 0 aromatic heterocycles. The average molecular weight is 717 g/mol. The Hall–Kier alpha value is -4.16. The molecule has 6 aliphatic rings. The summed E-state index contributed by atoms with van der Waals surface area (Å²) < 4.78 is 2.24. The van der Waals surface area contributed by atoms with E-state index in [4.69, 9.17) is 0 Å². The molecule has 0 N–H and O–H groups in total. The zero-order valence-electron chi connectivity index (χ0n) is 25.5. The molecule has 0 nitrogen and oxygen atoms in total. The Kier molecular flexibility index (Phi) is 5.41. The third-order valence-electron chi connectivity index (χ3n) is 11.3. The van der Waals surface area contributed by atoms with Crippen LogP contribution >= 0.6 is 31.9 Å². The van der Waals surface area contributed by atoms with E-state index in [0.29, 0.717) is 0 Å². The van der Waals surface area contributed by atoms with Gasteiger partial charge >= 0.3 is 0 Å². The first-order chi connectivity index (χ1) is 22.5. The molecule has 0 saturated carbocycles. The molecule has 0 saturated heterocycles. The Morgan fingerprint density at radius 2 is 0.826 bits per heavy atom. The zero-order valence-corrected chi connectivity index (χ0v) is 28.6. The van der Waals surface area contributed by atoms with Crippen molar-refractivity contribution in [2.24, 2.45) is 0 Å². The molecule has 12 rings (SSSR count). The van der Waals surface area contributed by atoms with Crippen LogP contribution in [-0.4, -0.2) is 0 Å². The summed E-state index contributed by atoms with van der Waals surface area (Å²) in [6, 6.07) is 45.2. The van der Waals surface area contributed by atoms with Crippen LogP contribution in [0.1, 0.15) is 89.7 Å². The average Bonchev–Trinajstić information content (AvgIpc) is 3.10. The highest BCUT2D eigenvalue weighted by Crippen LogP contribution is 2.63. The van der Waals surface area contributed by atoms with Crippen molar-refractivity contribution >= 4 is 31.9 Å². The molecular weight excluding hydrogens is 688 g/mol. The van der Waals surface area contributed by atoms with Crippen molar-refractivity contribution < 1.29 is 0 Å². The smallest absolute Gasteiger partial charge is 0.0802 e. The molecule has 0 unspecified atom stereocenters. The van der Waals surface area contributed by atoms with Gasteiger partial charge in [0.1, 0.15) is 10.8 Å². The van der Waals surface area contributed by atoms with Crippen molar-refractivity contribution in [2.75, 3.05) is 0 Å². The van der Waals surface area contributed by atoms with E-state index in [0.717, 1.165) is 8.95 Å². The van der Waals surface area contributed by atoms with Crippen LogP contribution in [0.5, 0.6) is 0 Å². The van der Waals surface area contributed by atoms with Crippen LogP contribution in [-0.2, 0) is 10.8 Å². The Morgan fingerprint density at radius 1 is 0.435 bits per heavy atom. The number of rotatable bonds is 0. The molecule has 2 heteroatoms. The molecule has 218 valence electrons. The van der Waals surface area contributed by atoms with Gasteiger partial charge in [0, 0.05) is 20.8 Å². The fourth-order valence-electron chi connectivity index (χ4n) is 9.66. The topological polar surface area (TPSA) is 0 Å². The second kappa shape index (κ2) is 9.22. The lowest BCUT2D eigenvalue weighted by atomic mass is 9.50. The first-order valence-corrected chi connectivity index (χ1v) is 17.6. The van der Waals surface area contributed by atoms with Crippen LogP contribution in [0.15, 0.2) is 130 Å². The van der Waals surface area contributed by atoms with E-state index >= 15 is 0 Å². The quantitative estimate of drug-likeness (QED) is 0.137. The summed E-state index contributed by atoms with van der Waals surface area (Å²) in [7, 11) is 0. The molecule has 4 bridgehead atoms. The summed E-state index contributed by atoms with van der Waals surface area (Å²) in [5.41, 5.74) is 17.4. The van der Waals surface area contributed by atoms with Crippen molar-refractivity contribution in [3.8, 4) is 11.8 Å². The molecule has 0 fully saturated rings. The lowest BCUT2D eigenvalue weighted by Crippen LogP contribution is -2.44. The fraction of sp³-hybridized carbons (Fsp3) is 0.136. The maximum atomic E-state index is 4.23. The molecule has 6 aromatic rings. The largest absolute Gasteiger partial charge is 0.108 e. The standard InChI is InChI=1S/C44H28Br2/c1-25-19-20-26(2)41-37(25)38-27-11-3-7-15-31(27)43(41,32-16-8-4-12-28(32)38)23-24-44-33-17-9-5-13-29(33)39(30-14-6-10-18-34(30)44)40-35(45)21-22-36(46)42(40)44/h3-22,38-39H,1-2H3. The van der Waals surface area contributed by atoms with E-state index in [-0.39, 0.29) is 11.8 Å². The number of hydrogen-bond acceptors (Lipinski definition) is 0. The van der Waals surface area contributed by atoms with Crippen LogP contribution < -0.4 is 0 Å². The van der Waals surface area contributed by atoms with Gasteiger partial charge in [-0.25, -0.2) is 0 Å². The highest BCUT2D eigenvalue weighted by Gasteiger charge is 2.55. The van der Waals surface area contributed by atoms with Gasteiger partial charge in [0.15, 0.2) is 0 Å². The van der Waals surface area contributed by atoms with E-state index in [1.54, 1.807) is 0 Å². The van der Waals surface area contributed by atoms with Crippen LogP contribution in [0.25, 0.3) is 0 Å². The predicted octanol–water partition coefficient (Wildman–Crippen LogP) is 10.8. The molecule has 6 aliphatic carbocycles. The van der Waals surface area contributed by atoms with Gasteiger partial charge in [0.25, 0.3) is 0 Å². The Labute approximate surface area is 286 Å². The van der Waals surface area contributed by atoms with Crippen LogP contribution in [0.4, 0.5) is 0 Å². The van der Waals surface area contributed by atoms with Crippen molar-refractivity contribution in [1.82, 2.24) is 0 Å². The van der Waals surface area contributed by atoms with Gasteiger partial charge < -0.3 is 0 Å². The number of benzene rings is 6. The number of aryl methyl sites for hydroxylation is 2. The van der Waals surface area contributed by atoms with E-state index in [2.05, 4.69) is 179 Å². The molecule has 6 aromatic carbocycles. The Morgan fingerprint density at radius 3 is 1.33 bits per heavy atom. The van der Waals surface area contributed by atoms with E-state index in [9.17, 15) is 0 Å². The molecule has 0 atom stereocenters. The minimum Gasteiger partial charge on any atom is -0.0802 e. The molecule has 0 spiro atoms. The Balaban J connectivity index is 1.41. The first-order valence-electron chi connectivity index (χ1n) is 16.0. The summed E-state index contributed by atoms with van der Waals surface area (Å²) in [4.78, 5) is 0. The maximum absolute atomic E-state index is 4.23. The van der Waals surface area contributed by atoms with Gasteiger partial charge in [-0.3, -0.25) is 0 Å². The van der Waals surface area contributed by atoms with Gasteiger partial charge in [-0.1, -0.05) is 153 Å². The molecular formula is C44H28Br2. The summed E-state index contributed by atoms with van der Waals surface area (Å²) in [5.74, 6) is 8.80. The third-order valence-corrected chi connectivity index (χ3v) is 12.6. The van der Waals surface area contributed by atoms with Crippen molar-refractivity contribution in [3.63, 3.8) is 0 Å². The van der Waals surface area contributed by atoms with Gasteiger partial charge in [0.2, 0.25) is 0 Å². The zero-order chi connectivity index (χ0) is 30.9. The first kappa shape index (κ1) is 27.0. The minimum absolute atomic E-state index is 0.147. The monoisotopic (exact) mass is 714 g/mol. The molecule has 46 heavy (non-hydrogen) atoms. The predicted molar refractivity (Wildman–Crippen MR) is 193 cm³/mol. The second-order valence-corrected chi connectivity index (χ2v) is 15.0. The van der Waals surface area contributed by atoms with Crippen molar-refractivity contribution in [3.05, 3.63) is 208 Å². The Bertz CT molecular complexity index is 2140.